The third-order valence-corrected chi connectivity index (χ3v) is 5.11. The first-order valence-corrected chi connectivity index (χ1v) is 10.9. The van der Waals surface area contributed by atoms with Gasteiger partial charge in [0.15, 0.2) is 6.61 Å². The summed E-state index contributed by atoms with van der Waals surface area (Å²) in [5, 5.41) is 17.4. The molecule has 0 spiro atoms. The highest BCUT2D eigenvalue weighted by Gasteiger charge is 2.38. The van der Waals surface area contributed by atoms with E-state index in [1.807, 2.05) is 24.3 Å². The number of nitrogens with two attached hydrogens (primary N) is 1. The van der Waals surface area contributed by atoms with E-state index in [-0.39, 0.29) is 18.3 Å². The maximum atomic E-state index is 13.7. The zero-order chi connectivity index (χ0) is 26.3. The minimum absolute atomic E-state index is 0.131. The number of benzene rings is 2. The second-order valence-electron chi connectivity index (χ2n) is 7.97. The molecule has 1 fully saturated rings. The van der Waals surface area contributed by atoms with Gasteiger partial charge in [0.25, 0.3) is 5.91 Å². The van der Waals surface area contributed by atoms with E-state index in [1.54, 1.807) is 12.1 Å². The van der Waals surface area contributed by atoms with Crippen molar-refractivity contribution in [3.63, 3.8) is 0 Å². The third kappa shape index (κ3) is 7.54. The van der Waals surface area contributed by atoms with Crippen molar-refractivity contribution in [2.45, 2.75) is 31.4 Å². The van der Waals surface area contributed by atoms with Gasteiger partial charge in [0.2, 0.25) is 0 Å². The predicted molar refractivity (Wildman–Crippen MR) is 123 cm³/mol. The number of ether oxygens (including phenoxy) is 1. The van der Waals surface area contributed by atoms with Crippen LogP contribution in [-0.2, 0) is 16.0 Å². The summed E-state index contributed by atoms with van der Waals surface area (Å²) in [4.78, 5) is 21.4. The van der Waals surface area contributed by atoms with Crippen molar-refractivity contribution in [2.75, 3.05) is 18.5 Å². The number of nitrogens with zero attached hydrogens (tertiary/aromatic N) is 1. The molecule has 1 aliphatic rings. The third-order valence-electron chi connectivity index (χ3n) is 5.11. The molecule has 0 bridgehead atoms. The molecule has 12 heteroatoms. The first kappa shape index (κ1) is 26.7. The number of rotatable bonds is 8. The number of hydrogen-bond acceptors (Lipinski definition) is 5. The van der Waals surface area contributed by atoms with Crippen LogP contribution in [0.2, 0.25) is 0 Å². The number of amides is 1. The Hall–Kier alpha value is -3.93. The monoisotopic (exact) mass is 508 g/mol. The lowest BCUT2D eigenvalue weighted by Crippen LogP contribution is -2.21. The Balaban J connectivity index is 0.000000454. The fourth-order valence-corrected chi connectivity index (χ4v) is 3.24. The molecule has 3 aromatic rings. The number of halogens is 4. The molecular formula is C24H24F4N4O4. The van der Waals surface area contributed by atoms with E-state index in [9.17, 15) is 22.4 Å². The van der Waals surface area contributed by atoms with E-state index < -0.39 is 12.1 Å². The fraction of sp³-hybridized carbons (Fsp3) is 0.292. The molecule has 1 heterocycles. The van der Waals surface area contributed by atoms with Crippen molar-refractivity contribution in [1.82, 2.24) is 10.2 Å². The molecular weight excluding hydrogens is 484 g/mol. The molecule has 2 aromatic carbocycles. The summed E-state index contributed by atoms with van der Waals surface area (Å²) in [5.74, 6) is -2.45. The smallest absolute Gasteiger partial charge is 0.484 e. The van der Waals surface area contributed by atoms with Crippen molar-refractivity contribution < 1.29 is 37.0 Å². The normalized spacial score (nSPS) is 12.9. The lowest BCUT2D eigenvalue weighted by molar-refractivity contribution is -0.192. The molecule has 0 atom stereocenters. The number of carbonyl (C=O) groups is 2. The average Bonchev–Trinajstić information content (AvgIpc) is 3.59. The predicted octanol–water partition coefficient (Wildman–Crippen LogP) is 4.25. The van der Waals surface area contributed by atoms with Crippen LogP contribution in [-0.4, -0.2) is 46.5 Å². The molecule has 8 nitrogen and oxygen atoms in total. The molecule has 1 aliphatic carbocycles. The lowest BCUT2D eigenvalue weighted by Gasteiger charge is -2.10. The van der Waals surface area contributed by atoms with Gasteiger partial charge in [0.1, 0.15) is 17.3 Å². The van der Waals surface area contributed by atoms with Gasteiger partial charge in [-0.1, -0.05) is 24.3 Å². The van der Waals surface area contributed by atoms with Gasteiger partial charge in [-0.2, -0.15) is 18.3 Å². The number of aliphatic carboxylic acids is 1. The summed E-state index contributed by atoms with van der Waals surface area (Å²) in [5.41, 5.74) is 9.30. The zero-order valence-electron chi connectivity index (χ0n) is 18.9. The summed E-state index contributed by atoms with van der Waals surface area (Å²) in [6.45, 7) is 0.457. The van der Waals surface area contributed by atoms with Crippen molar-refractivity contribution >= 4 is 17.6 Å². The topological polar surface area (TPSA) is 130 Å². The molecule has 0 saturated heterocycles. The van der Waals surface area contributed by atoms with Gasteiger partial charge >= 0.3 is 12.1 Å². The Morgan fingerprint density at radius 2 is 1.83 bits per heavy atom. The van der Waals surface area contributed by atoms with Gasteiger partial charge in [-0.3, -0.25) is 9.89 Å². The highest BCUT2D eigenvalue weighted by atomic mass is 19.4. The van der Waals surface area contributed by atoms with E-state index >= 15 is 0 Å². The number of hydrogen-bond donors (Lipinski definition) is 4. The second-order valence-corrected chi connectivity index (χ2v) is 7.97. The van der Waals surface area contributed by atoms with Crippen molar-refractivity contribution in [1.29, 1.82) is 0 Å². The summed E-state index contributed by atoms with van der Waals surface area (Å²) in [7, 11) is 0. The van der Waals surface area contributed by atoms with Crippen LogP contribution in [0.5, 0.6) is 5.75 Å². The highest BCUT2D eigenvalue weighted by Crippen LogP contribution is 2.45. The van der Waals surface area contributed by atoms with Gasteiger partial charge in [-0.15, -0.1) is 0 Å². The number of carboxylic acid groups (broad SMARTS) is 1. The number of H-pyrrole nitrogens is 1. The van der Waals surface area contributed by atoms with E-state index in [0.717, 1.165) is 30.5 Å². The standard InChI is InChI=1S/C22H23FN4O2.C2HF3O2/c23-17-3-1-2-16(12-17)21-22(20(26-27-21)15-6-7-15)25-19(28)13-29-18-8-4-14(5-9-18)10-11-24;3-2(4,5)1(6)7/h1-5,8-9,12,15H,6-7,10-11,13,24H2,(H,25,28)(H,26,27);(H,6,7). The van der Waals surface area contributed by atoms with Crippen molar-refractivity contribution in [2.24, 2.45) is 5.73 Å². The Labute approximate surface area is 203 Å². The van der Waals surface area contributed by atoms with Crippen LogP contribution in [0.15, 0.2) is 48.5 Å². The van der Waals surface area contributed by atoms with Crippen LogP contribution in [0.1, 0.15) is 30.0 Å². The molecule has 1 amide bonds. The molecule has 192 valence electrons. The van der Waals surface area contributed by atoms with Gasteiger partial charge in [-0.25, -0.2) is 9.18 Å². The van der Waals surface area contributed by atoms with Gasteiger partial charge in [0, 0.05) is 11.5 Å². The summed E-state index contributed by atoms with van der Waals surface area (Å²) in [6.07, 6.45) is -2.20. The molecule has 0 aliphatic heterocycles. The minimum atomic E-state index is -5.08. The van der Waals surface area contributed by atoms with E-state index in [2.05, 4.69) is 15.5 Å². The van der Waals surface area contributed by atoms with E-state index in [0.29, 0.717) is 35.2 Å². The summed E-state index contributed by atoms with van der Waals surface area (Å²) < 4.78 is 51.0. The Morgan fingerprint density at radius 1 is 1.17 bits per heavy atom. The first-order chi connectivity index (χ1) is 17.1. The van der Waals surface area contributed by atoms with Gasteiger partial charge in [0.05, 0.1) is 11.4 Å². The zero-order valence-corrected chi connectivity index (χ0v) is 18.9. The molecule has 4 rings (SSSR count). The van der Waals surface area contributed by atoms with Crippen molar-refractivity contribution in [3.05, 3.63) is 65.6 Å². The van der Waals surface area contributed by atoms with Crippen LogP contribution in [0.3, 0.4) is 0 Å². The number of carboxylic acids is 1. The maximum Gasteiger partial charge on any atom is 0.490 e. The lowest BCUT2D eigenvalue weighted by atomic mass is 10.1. The van der Waals surface area contributed by atoms with Gasteiger partial charge < -0.3 is 20.9 Å². The Kier molecular flexibility index (Phi) is 8.64. The molecule has 5 N–H and O–H groups in total. The van der Waals surface area contributed by atoms with Crippen LogP contribution in [0.25, 0.3) is 11.3 Å². The van der Waals surface area contributed by atoms with Crippen LogP contribution in [0.4, 0.5) is 23.2 Å². The number of aromatic amines is 1. The molecule has 1 saturated carbocycles. The number of carbonyl (C=O) groups excluding carboxylic acids is 1. The van der Waals surface area contributed by atoms with Crippen LogP contribution in [0, 0.1) is 5.82 Å². The maximum absolute atomic E-state index is 13.7. The second kappa shape index (κ2) is 11.7. The average molecular weight is 508 g/mol. The van der Waals surface area contributed by atoms with Gasteiger partial charge in [-0.05, 0) is 55.6 Å². The largest absolute Gasteiger partial charge is 0.490 e. The van der Waals surface area contributed by atoms with E-state index in [1.165, 1.54) is 12.1 Å². The summed E-state index contributed by atoms with van der Waals surface area (Å²) in [6, 6.07) is 13.7. The first-order valence-electron chi connectivity index (χ1n) is 10.9. The number of nitrogens with one attached hydrogen (secondary N) is 2. The molecule has 1 aromatic heterocycles. The molecule has 36 heavy (non-hydrogen) atoms. The minimum Gasteiger partial charge on any atom is -0.484 e. The number of alkyl halides is 3. The van der Waals surface area contributed by atoms with Crippen molar-refractivity contribution in [3.8, 4) is 17.0 Å². The van der Waals surface area contributed by atoms with Crippen LogP contribution < -0.4 is 15.8 Å². The number of aromatic nitrogens is 2. The highest BCUT2D eigenvalue weighted by molar-refractivity contribution is 5.96. The summed E-state index contributed by atoms with van der Waals surface area (Å²) >= 11 is 0. The quantitative estimate of drug-likeness (QED) is 0.337. The SMILES string of the molecule is NCCc1ccc(OCC(=O)Nc2c(-c3cccc(F)c3)n[nH]c2C2CC2)cc1.O=C(O)C(F)(F)F. The van der Waals surface area contributed by atoms with Crippen LogP contribution >= 0.6 is 0 Å². The molecule has 0 radical (unpaired) electrons. The number of anilines is 1. The molecule has 0 unspecified atom stereocenters. The fourth-order valence-electron chi connectivity index (χ4n) is 3.24. The Morgan fingerprint density at radius 3 is 2.39 bits per heavy atom. The Bertz CT molecular complexity index is 1190. The van der Waals surface area contributed by atoms with E-state index in [4.69, 9.17) is 20.4 Å².